The number of anilines is 3. The molecule has 0 unspecified atom stereocenters. The van der Waals surface area contributed by atoms with Gasteiger partial charge in [-0.3, -0.25) is 9.59 Å². The average Bonchev–Trinajstić information content (AvgIpc) is 2.69. The molecule has 7 heteroatoms. The average molecular weight is 393 g/mol. The number of benzene rings is 1. The lowest BCUT2D eigenvalue weighted by atomic mass is 9.97. The molecular weight excluding hydrogens is 366 g/mol. The summed E-state index contributed by atoms with van der Waals surface area (Å²) in [5.41, 5.74) is 3.95. The highest BCUT2D eigenvalue weighted by Gasteiger charge is 2.11. The molecule has 2 aromatic rings. The van der Waals surface area contributed by atoms with Gasteiger partial charge in [0.05, 0.1) is 0 Å². The standard InChI is InChI=1S/C22H27N5O2/c1-15-14-20(21(29)23-13-12-17-6-4-3-5-7-17)27-22(24-15)26-19-10-8-18(9-11-19)25-16(2)28/h6,8-11,14H,3-5,7,12-13H2,1-2H3,(H,23,29)(H,25,28)(H,24,26,27). The molecule has 29 heavy (non-hydrogen) atoms. The van der Waals surface area contributed by atoms with Crippen molar-refractivity contribution in [2.45, 2.75) is 46.0 Å². The molecule has 1 aliphatic carbocycles. The molecule has 0 saturated heterocycles. The van der Waals surface area contributed by atoms with Crippen LogP contribution in [0.5, 0.6) is 0 Å². The van der Waals surface area contributed by atoms with E-state index in [0.717, 1.165) is 24.9 Å². The summed E-state index contributed by atoms with van der Waals surface area (Å²) in [6, 6.07) is 8.88. The van der Waals surface area contributed by atoms with E-state index in [1.54, 1.807) is 18.2 Å². The first kappa shape index (κ1) is 20.5. The van der Waals surface area contributed by atoms with Gasteiger partial charge in [0.25, 0.3) is 5.91 Å². The van der Waals surface area contributed by atoms with E-state index < -0.39 is 0 Å². The molecule has 1 aromatic heterocycles. The van der Waals surface area contributed by atoms with Crippen LogP contribution in [0.15, 0.2) is 42.0 Å². The minimum atomic E-state index is -0.198. The Labute approximate surface area is 171 Å². The molecule has 0 bridgehead atoms. The van der Waals surface area contributed by atoms with Crippen molar-refractivity contribution >= 4 is 29.1 Å². The number of nitrogens with one attached hydrogen (secondary N) is 3. The van der Waals surface area contributed by atoms with E-state index in [-0.39, 0.29) is 11.8 Å². The molecular formula is C22H27N5O2. The molecule has 0 saturated carbocycles. The van der Waals surface area contributed by atoms with Crippen molar-refractivity contribution in [2.24, 2.45) is 0 Å². The fourth-order valence-electron chi connectivity index (χ4n) is 3.27. The van der Waals surface area contributed by atoms with Crippen LogP contribution >= 0.6 is 0 Å². The summed E-state index contributed by atoms with van der Waals surface area (Å²) in [7, 11) is 0. The smallest absolute Gasteiger partial charge is 0.270 e. The van der Waals surface area contributed by atoms with E-state index in [0.29, 0.717) is 29.6 Å². The lowest BCUT2D eigenvalue weighted by Gasteiger charge is -2.13. The van der Waals surface area contributed by atoms with Gasteiger partial charge >= 0.3 is 0 Å². The Kier molecular flexibility index (Phi) is 6.94. The number of hydrogen-bond acceptors (Lipinski definition) is 5. The predicted molar refractivity (Wildman–Crippen MR) is 114 cm³/mol. The van der Waals surface area contributed by atoms with Crippen molar-refractivity contribution < 1.29 is 9.59 Å². The molecule has 1 aromatic carbocycles. The van der Waals surface area contributed by atoms with Crippen molar-refractivity contribution in [2.75, 3.05) is 17.2 Å². The molecule has 0 radical (unpaired) electrons. The van der Waals surface area contributed by atoms with Gasteiger partial charge in [0.1, 0.15) is 5.69 Å². The second kappa shape index (κ2) is 9.82. The maximum atomic E-state index is 12.5. The predicted octanol–water partition coefficient (Wildman–Crippen LogP) is 4.11. The SMILES string of the molecule is CC(=O)Nc1ccc(Nc2nc(C)cc(C(=O)NCCC3=CCCCC3)n2)cc1. The Morgan fingerprint density at radius 1 is 1.07 bits per heavy atom. The number of carbonyl (C=O) groups is 2. The Hall–Kier alpha value is -3.22. The number of hydrogen-bond donors (Lipinski definition) is 3. The third-order valence-electron chi connectivity index (χ3n) is 4.66. The molecule has 0 fully saturated rings. The highest BCUT2D eigenvalue weighted by atomic mass is 16.2. The van der Waals surface area contributed by atoms with Gasteiger partial charge in [-0.05, 0) is 69.4 Å². The van der Waals surface area contributed by atoms with Crippen molar-refractivity contribution in [3.63, 3.8) is 0 Å². The maximum Gasteiger partial charge on any atom is 0.270 e. The lowest BCUT2D eigenvalue weighted by molar-refractivity contribution is -0.114. The second-order valence-corrected chi connectivity index (χ2v) is 7.22. The molecule has 3 N–H and O–H groups in total. The molecule has 152 valence electrons. The topological polar surface area (TPSA) is 96.0 Å². The molecule has 0 aliphatic heterocycles. The number of carbonyl (C=O) groups excluding carboxylic acids is 2. The van der Waals surface area contributed by atoms with Gasteiger partial charge in [-0.1, -0.05) is 11.6 Å². The molecule has 1 heterocycles. The van der Waals surface area contributed by atoms with Crippen LogP contribution in [0.1, 0.15) is 55.2 Å². The summed E-state index contributed by atoms with van der Waals surface area (Å²) in [4.78, 5) is 32.3. The number of amides is 2. The van der Waals surface area contributed by atoms with Gasteiger partial charge in [0, 0.05) is 30.5 Å². The monoisotopic (exact) mass is 393 g/mol. The molecule has 1 aliphatic rings. The van der Waals surface area contributed by atoms with E-state index >= 15 is 0 Å². The van der Waals surface area contributed by atoms with Crippen molar-refractivity contribution in [3.05, 3.63) is 53.4 Å². The Balaban J connectivity index is 1.60. The molecule has 7 nitrogen and oxygen atoms in total. The number of aromatic nitrogens is 2. The highest BCUT2D eigenvalue weighted by molar-refractivity contribution is 5.92. The normalized spacial score (nSPS) is 13.4. The van der Waals surface area contributed by atoms with Crippen LogP contribution in [0.4, 0.5) is 17.3 Å². The van der Waals surface area contributed by atoms with E-state index in [9.17, 15) is 9.59 Å². The Bertz CT molecular complexity index is 906. The Morgan fingerprint density at radius 2 is 1.83 bits per heavy atom. The van der Waals surface area contributed by atoms with Crippen molar-refractivity contribution in [1.82, 2.24) is 15.3 Å². The van der Waals surface area contributed by atoms with Crippen LogP contribution in [0.25, 0.3) is 0 Å². The molecule has 2 amide bonds. The van der Waals surface area contributed by atoms with E-state index in [4.69, 9.17) is 0 Å². The van der Waals surface area contributed by atoms with Crippen LogP contribution in [0.2, 0.25) is 0 Å². The minimum absolute atomic E-state index is 0.122. The third-order valence-corrected chi connectivity index (χ3v) is 4.66. The van der Waals surface area contributed by atoms with Crippen molar-refractivity contribution in [1.29, 1.82) is 0 Å². The first-order valence-corrected chi connectivity index (χ1v) is 9.96. The first-order chi connectivity index (χ1) is 14.0. The van der Waals surface area contributed by atoms with Crippen molar-refractivity contribution in [3.8, 4) is 0 Å². The number of nitrogens with zero attached hydrogens (tertiary/aromatic N) is 2. The van der Waals surface area contributed by atoms with Gasteiger partial charge in [-0.25, -0.2) is 9.97 Å². The summed E-state index contributed by atoms with van der Waals surface area (Å²) in [5, 5.41) is 8.77. The maximum absolute atomic E-state index is 12.5. The summed E-state index contributed by atoms with van der Waals surface area (Å²) in [6.07, 6.45) is 7.98. The van der Waals surface area contributed by atoms with E-state index in [2.05, 4.69) is 32.0 Å². The lowest BCUT2D eigenvalue weighted by Crippen LogP contribution is -2.26. The second-order valence-electron chi connectivity index (χ2n) is 7.22. The largest absolute Gasteiger partial charge is 0.350 e. The van der Waals surface area contributed by atoms with E-state index in [1.165, 1.54) is 25.3 Å². The van der Waals surface area contributed by atoms with E-state index in [1.807, 2.05) is 19.1 Å². The van der Waals surface area contributed by atoms with Gasteiger partial charge in [0.2, 0.25) is 11.9 Å². The minimum Gasteiger partial charge on any atom is -0.350 e. The van der Waals surface area contributed by atoms with Gasteiger partial charge in [-0.2, -0.15) is 0 Å². The summed E-state index contributed by atoms with van der Waals surface area (Å²) >= 11 is 0. The zero-order valence-corrected chi connectivity index (χ0v) is 16.9. The summed E-state index contributed by atoms with van der Waals surface area (Å²) in [6.45, 7) is 3.91. The first-order valence-electron chi connectivity index (χ1n) is 9.96. The number of allylic oxidation sites excluding steroid dienone is 1. The van der Waals surface area contributed by atoms with Gasteiger partial charge in [-0.15, -0.1) is 0 Å². The molecule has 0 atom stereocenters. The van der Waals surface area contributed by atoms with Crippen LogP contribution in [0.3, 0.4) is 0 Å². The fraction of sp³-hybridized carbons (Fsp3) is 0.364. The number of rotatable bonds is 7. The zero-order chi connectivity index (χ0) is 20.6. The van der Waals surface area contributed by atoms with Gasteiger partial charge in [0.15, 0.2) is 0 Å². The summed E-state index contributed by atoms with van der Waals surface area (Å²) < 4.78 is 0. The van der Waals surface area contributed by atoms with Crippen LogP contribution in [-0.4, -0.2) is 28.3 Å². The Morgan fingerprint density at radius 3 is 2.52 bits per heavy atom. The zero-order valence-electron chi connectivity index (χ0n) is 16.9. The van der Waals surface area contributed by atoms with Crippen LogP contribution in [0, 0.1) is 6.92 Å². The fourth-order valence-corrected chi connectivity index (χ4v) is 3.27. The van der Waals surface area contributed by atoms with Gasteiger partial charge < -0.3 is 16.0 Å². The van der Waals surface area contributed by atoms with Crippen LogP contribution in [-0.2, 0) is 4.79 Å². The summed E-state index contributed by atoms with van der Waals surface area (Å²) in [5.74, 6) is 0.0385. The molecule has 0 spiro atoms. The van der Waals surface area contributed by atoms with Crippen LogP contribution < -0.4 is 16.0 Å². The number of aryl methyl sites for hydroxylation is 1. The third kappa shape index (κ3) is 6.41. The molecule has 3 rings (SSSR count). The highest BCUT2D eigenvalue weighted by Crippen LogP contribution is 2.20. The quantitative estimate of drug-likeness (QED) is 0.615.